The highest BCUT2D eigenvalue weighted by molar-refractivity contribution is 7.26. The van der Waals surface area contributed by atoms with E-state index in [2.05, 4.69) is 0 Å². The van der Waals surface area contributed by atoms with E-state index in [4.69, 9.17) is 19.3 Å². The molecule has 2 rings (SSSR count). The van der Waals surface area contributed by atoms with Crippen LogP contribution in [0.15, 0.2) is 0 Å². The Hall–Kier alpha value is -0.220. The number of aliphatic hydroxyl groups excluding tert-OH is 1. The lowest BCUT2D eigenvalue weighted by molar-refractivity contribution is -0.151. The topological polar surface area (TPSA) is 76.0 Å². The minimum absolute atomic E-state index is 0.0238. The summed E-state index contributed by atoms with van der Waals surface area (Å²) in [5.41, 5.74) is -1.04. The number of carboxylic acids is 1. The summed E-state index contributed by atoms with van der Waals surface area (Å²) in [6.07, 6.45) is 0.440. The van der Waals surface area contributed by atoms with Crippen molar-refractivity contribution in [1.29, 1.82) is 0 Å². The van der Waals surface area contributed by atoms with Crippen LogP contribution < -0.4 is 0 Å². The van der Waals surface area contributed by atoms with Gasteiger partial charge in [0, 0.05) is 0 Å². The fourth-order valence-electron chi connectivity index (χ4n) is 1.87. The van der Waals surface area contributed by atoms with Crippen molar-refractivity contribution in [2.45, 2.75) is 25.0 Å². The molecule has 0 aromatic heterocycles. The summed E-state index contributed by atoms with van der Waals surface area (Å²) >= 11 is 0. The van der Waals surface area contributed by atoms with Crippen LogP contribution in [0, 0.1) is 5.41 Å². The van der Waals surface area contributed by atoms with E-state index in [9.17, 15) is 4.79 Å². The molecule has 2 N–H and O–H groups in total. The monoisotopic (exact) mass is 206 g/mol. The van der Waals surface area contributed by atoms with Crippen LogP contribution >= 0.6 is 9.03 Å². The van der Waals surface area contributed by atoms with Crippen molar-refractivity contribution >= 4 is 15.0 Å². The summed E-state index contributed by atoms with van der Waals surface area (Å²) in [4.78, 5) is 10.9. The molecule has 1 saturated carbocycles. The van der Waals surface area contributed by atoms with Gasteiger partial charge in [0.1, 0.15) is 0 Å². The third kappa shape index (κ3) is 1.36. The predicted octanol–water partition coefficient (Wildman–Crippen LogP) is 0.136. The second kappa shape index (κ2) is 3.17. The van der Waals surface area contributed by atoms with Gasteiger partial charge in [0.15, 0.2) is 9.03 Å². The summed E-state index contributed by atoms with van der Waals surface area (Å²) in [5.74, 6) is -0.958. The Morgan fingerprint density at radius 1 is 1.46 bits per heavy atom. The molecule has 1 aliphatic heterocycles. The van der Waals surface area contributed by atoms with Crippen LogP contribution in [-0.4, -0.2) is 35.0 Å². The van der Waals surface area contributed by atoms with E-state index in [1.165, 1.54) is 0 Å². The van der Waals surface area contributed by atoms with Gasteiger partial charge in [-0.3, -0.25) is 4.79 Å². The number of fused-ring (bicyclic) bond motifs is 1. The van der Waals surface area contributed by atoms with Crippen LogP contribution in [-0.2, 0) is 13.8 Å². The van der Waals surface area contributed by atoms with Gasteiger partial charge in [0.25, 0.3) is 0 Å². The maximum atomic E-state index is 10.9. The van der Waals surface area contributed by atoms with Crippen molar-refractivity contribution in [3.05, 3.63) is 0 Å². The quantitative estimate of drug-likeness (QED) is 0.628. The standard InChI is InChI=1S/C7H11O5P/c8-3-7(6(9)10)1-4-5(2-7)12-13-11-4/h4-5,8,13H,1-3H2,(H,9,10). The van der Waals surface area contributed by atoms with E-state index in [1.54, 1.807) is 0 Å². The van der Waals surface area contributed by atoms with E-state index in [-0.39, 0.29) is 27.8 Å². The second-order valence-corrected chi connectivity index (χ2v) is 4.19. The number of aliphatic hydroxyl groups is 1. The highest BCUT2D eigenvalue weighted by Gasteiger charge is 2.53. The zero-order valence-electron chi connectivity index (χ0n) is 6.90. The Kier molecular flexibility index (Phi) is 2.28. The molecule has 6 heteroatoms. The number of carbonyl (C=O) groups is 1. The van der Waals surface area contributed by atoms with Crippen LogP contribution in [0.3, 0.4) is 0 Å². The van der Waals surface area contributed by atoms with Crippen molar-refractivity contribution in [1.82, 2.24) is 0 Å². The third-order valence-electron chi connectivity index (χ3n) is 2.75. The Labute approximate surface area is 77.0 Å². The number of carboxylic acid groups (broad SMARTS) is 1. The van der Waals surface area contributed by atoms with Gasteiger partial charge in [0.05, 0.1) is 24.2 Å². The van der Waals surface area contributed by atoms with E-state index >= 15 is 0 Å². The molecule has 0 spiro atoms. The zero-order chi connectivity index (χ0) is 9.47. The average Bonchev–Trinajstić information content (AvgIpc) is 2.59. The molecule has 0 bridgehead atoms. The Morgan fingerprint density at radius 3 is 2.38 bits per heavy atom. The van der Waals surface area contributed by atoms with Gasteiger partial charge in [-0.05, 0) is 12.8 Å². The van der Waals surface area contributed by atoms with Gasteiger partial charge in [-0.15, -0.1) is 0 Å². The molecule has 1 aliphatic carbocycles. The lowest BCUT2D eigenvalue weighted by Gasteiger charge is -2.21. The normalized spacial score (nSPS) is 45.3. The number of hydrogen-bond donors (Lipinski definition) is 2. The number of rotatable bonds is 2. The predicted molar refractivity (Wildman–Crippen MR) is 44.4 cm³/mol. The molecule has 2 unspecified atom stereocenters. The molecule has 2 fully saturated rings. The second-order valence-electron chi connectivity index (χ2n) is 3.55. The van der Waals surface area contributed by atoms with Gasteiger partial charge in [0.2, 0.25) is 0 Å². The highest BCUT2D eigenvalue weighted by atomic mass is 31.1. The van der Waals surface area contributed by atoms with E-state index in [0.29, 0.717) is 12.8 Å². The zero-order valence-corrected chi connectivity index (χ0v) is 7.90. The molecule has 0 aromatic carbocycles. The number of aliphatic carboxylic acids is 1. The van der Waals surface area contributed by atoms with Crippen molar-refractivity contribution in [2.75, 3.05) is 6.61 Å². The Bertz CT molecular complexity index is 219. The van der Waals surface area contributed by atoms with Crippen LogP contribution in [0.2, 0.25) is 0 Å². The minimum Gasteiger partial charge on any atom is -0.481 e. The first-order valence-corrected chi connectivity index (χ1v) is 4.90. The lowest BCUT2D eigenvalue weighted by atomic mass is 9.87. The summed E-state index contributed by atoms with van der Waals surface area (Å²) < 4.78 is 10.4. The minimum atomic E-state index is -1.04. The Balaban J connectivity index is 2.14. The van der Waals surface area contributed by atoms with Gasteiger partial charge < -0.3 is 19.3 Å². The molecule has 2 atom stereocenters. The first-order valence-electron chi connectivity index (χ1n) is 4.08. The Morgan fingerprint density at radius 2 is 2.00 bits per heavy atom. The van der Waals surface area contributed by atoms with Crippen LogP contribution in [0.5, 0.6) is 0 Å². The molecule has 0 amide bonds. The van der Waals surface area contributed by atoms with Crippen LogP contribution in [0.25, 0.3) is 0 Å². The lowest BCUT2D eigenvalue weighted by Crippen LogP contribution is -2.33. The molecule has 1 saturated heterocycles. The largest absolute Gasteiger partial charge is 0.481 e. The summed E-state index contributed by atoms with van der Waals surface area (Å²) in [6, 6.07) is 0. The highest BCUT2D eigenvalue weighted by Crippen LogP contribution is 2.49. The van der Waals surface area contributed by atoms with E-state index < -0.39 is 11.4 Å². The van der Waals surface area contributed by atoms with Gasteiger partial charge in [-0.1, -0.05) is 0 Å². The number of hydrogen-bond acceptors (Lipinski definition) is 4. The molecule has 5 nitrogen and oxygen atoms in total. The first kappa shape index (κ1) is 9.34. The maximum Gasteiger partial charge on any atom is 0.312 e. The molecular weight excluding hydrogens is 195 g/mol. The molecular formula is C7H11O5P. The van der Waals surface area contributed by atoms with Crippen molar-refractivity contribution in [3.63, 3.8) is 0 Å². The molecule has 2 aliphatic rings. The van der Waals surface area contributed by atoms with Gasteiger partial charge >= 0.3 is 5.97 Å². The summed E-state index contributed by atoms with van der Waals surface area (Å²) in [6.45, 7) is -0.342. The first-order chi connectivity index (χ1) is 6.18. The fraction of sp³-hybridized carbons (Fsp3) is 0.857. The van der Waals surface area contributed by atoms with Crippen LogP contribution in [0.4, 0.5) is 0 Å². The van der Waals surface area contributed by atoms with Crippen molar-refractivity contribution < 1.29 is 24.1 Å². The third-order valence-corrected chi connectivity index (χ3v) is 3.55. The molecule has 0 aromatic rings. The smallest absolute Gasteiger partial charge is 0.312 e. The van der Waals surface area contributed by atoms with Crippen LogP contribution in [0.1, 0.15) is 12.8 Å². The molecule has 1 heterocycles. The maximum absolute atomic E-state index is 10.9. The van der Waals surface area contributed by atoms with E-state index in [0.717, 1.165) is 0 Å². The van der Waals surface area contributed by atoms with Crippen molar-refractivity contribution in [2.24, 2.45) is 5.41 Å². The molecule has 0 radical (unpaired) electrons. The summed E-state index contributed by atoms with van der Waals surface area (Å²) in [5, 5.41) is 18.0. The van der Waals surface area contributed by atoms with E-state index in [1.807, 2.05) is 0 Å². The van der Waals surface area contributed by atoms with Crippen molar-refractivity contribution in [3.8, 4) is 0 Å². The van der Waals surface area contributed by atoms with Gasteiger partial charge in [-0.2, -0.15) is 0 Å². The summed E-state index contributed by atoms with van der Waals surface area (Å²) in [7, 11) is 0.0238. The SMILES string of the molecule is O=C(O)C1(CO)CC2OPOC2C1. The molecule has 74 valence electrons. The average molecular weight is 206 g/mol. The molecule has 13 heavy (non-hydrogen) atoms. The van der Waals surface area contributed by atoms with Gasteiger partial charge in [-0.25, -0.2) is 0 Å². The fourth-order valence-corrected chi connectivity index (χ4v) is 2.65.